The molecule has 0 unspecified atom stereocenters. The molecule has 4 nitrogen and oxygen atoms in total. The summed E-state index contributed by atoms with van der Waals surface area (Å²) >= 11 is 0. The molecule has 0 aromatic heterocycles. The van der Waals surface area contributed by atoms with Gasteiger partial charge in [0.1, 0.15) is 0 Å². The van der Waals surface area contributed by atoms with E-state index in [1.807, 2.05) is 12.1 Å². The molecule has 108 valence electrons. The van der Waals surface area contributed by atoms with Crippen molar-refractivity contribution in [2.75, 3.05) is 34.4 Å². The first-order chi connectivity index (χ1) is 9.12. The summed E-state index contributed by atoms with van der Waals surface area (Å²) in [6.45, 7) is 6.38. The summed E-state index contributed by atoms with van der Waals surface area (Å²) < 4.78 is 16.0. The summed E-state index contributed by atoms with van der Waals surface area (Å²) in [6.07, 6.45) is 0.934. The van der Waals surface area contributed by atoms with E-state index in [-0.39, 0.29) is 0 Å². The molecule has 0 radical (unpaired) electrons. The highest BCUT2D eigenvalue weighted by molar-refractivity contribution is 5.53. The van der Waals surface area contributed by atoms with Crippen LogP contribution >= 0.6 is 0 Å². The van der Waals surface area contributed by atoms with Crippen molar-refractivity contribution in [2.45, 2.75) is 20.3 Å². The Morgan fingerprint density at radius 3 is 2.00 bits per heavy atom. The second kappa shape index (κ2) is 7.89. The molecule has 0 saturated heterocycles. The molecule has 1 rings (SSSR count). The molecule has 0 saturated carbocycles. The highest BCUT2D eigenvalue weighted by Gasteiger charge is 2.12. The fraction of sp³-hybridized carbons (Fsp3) is 0.600. The van der Waals surface area contributed by atoms with Gasteiger partial charge in [0.05, 0.1) is 21.3 Å². The highest BCUT2D eigenvalue weighted by Crippen LogP contribution is 2.38. The lowest BCUT2D eigenvalue weighted by Gasteiger charge is -2.14. The molecule has 1 aromatic rings. The van der Waals surface area contributed by atoms with Gasteiger partial charge in [-0.05, 0) is 43.1 Å². The van der Waals surface area contributed by atoms with Crippen molar-refractivity contribution in [3.05, 3.63) is 17.7 Å². The van der Waals surface area contributed by atoms with E-state index in [9.17, 15) is 0 Å². The van der Waals surface area contributed by atoms with Crippen LogP contribution in [0.3, 0.4) is 0 Å². The zero-order chi connectivity index (χ0) is 14.3. The van der Waals surface area contributed by atoms with Gasteiger partial charge in [0.2, 0.25) is 5.75 Å². The van der Waals surface area contributed by atoms with Crippen LogP contribution in [0.2, 0.25) is 0 Å². The largest absolute Gasteiger partial charge is 0.493 e. The third-order valence-corrected chi connectivity index (χ3v) is 2.87. The van der Waals surface area contributed by atoms with E-state index < -0.39 is 0 Å². The van der Waals surface area contributed by atoms with Crippen molar-refractivity contribution in [3.63, 3.8) is 0 Å². The maximum Gasteiger partial charge on any atom is 0.203 e. The van der Waals surface area contributed by atoms with Gasteiger partial charge < -0.3 is 19.5 Å². The third kappa shape index (κ3) is 4.63. The second-order valence-corrected chi connectivity index (χ2v) is 4.88. The molecule has 0 bridgehead atoms. The molecule has 0 fully saturated rings. The normalized spacial score (nSPS) is 10.6. The molecule has 1 N–H and O–H groups in total. The van der Waals surface area contributed by atoms with Crippen molar-refractivity contribution >= 4 is 0 Å². The minimum absolute atomic E-state index is 0.642. The molecular weight excluding hydrogens is 242 g/mol. The van der Waals surface area contributed by atoms with Crippen molar-refractivity contribution in [1.82, 2.24) is 5.32 Å². The van der Waals surface area contributed by atoms with Gasteiger partial charge in [-0.25, -0.2) is 0 Å². The number of hydrogen-bond acceptors (Lipinski definition) is 4. The van der Waals surface area contributed by atoms with Crippen LogP contribution in [0.25, 0.3) is 0 Å². The van der Waals surface area contributed by atoms with Crippen molar-refractivity contribution in [1.29, 1.82) is 0 Å². The van der Waals surface area contributed by atoms with Gasteiger partial charge in [0.25, 0.3) is 0 Å². The number of rotatable bonds is 8. The molecule has 0 aliphatic heterocycles. The van der Waals surface area contributed by atoms with E-state index in [1.54, 1.807) is 21.3 Å². The summed E-state index contributed by atoms with van der Waals surface area (Å²) in [6, 6.07) is 4.00. The molecule has 0 aliphatic rings. The number of hydrogen-bond donors (Lipinski definition) is 1. The van der Waals surface area contributed by atoms with Gasteiger partial charge in [0.15, 0.2) is 11.5 Å². The predicted octanol–water partition coefficient (Wildman–Crippen LogP) is 2.50. The topological polar surface area (TPSA) is 39.7 Å². The quantitative estimate of drug-likeness (QED) is 0.735. The fourth-order valence-electron chi connectivity index (χ4n) is 1.90. The number of ether oxygens (including phenoxy) is 3. The summed E-state index contributed by atoms with van der Waals surface area (Å²) in [4.78, 5) is 0. The minimum Gasteiger partial charge on any atom is -0.493 e. The first kappa shape index (κ1) is 15.6. The van der Waals surface area contributed by atoms with E-state index in [1.165, 1.54) is 5.56 Å². The van der Waals surface area contributed by atoms with Gasteiger partial charge in [-0.1, -0.05) is 13.8 Å². The Morgan fingerprint density at radius 2 is 1.58 bits per heavy atom. The molecule has 0 aliphatic carbocycles. The summed E-state index contributed by atoms with van der Waals surface area (Å²) in [5, 5.41) is 3.42. The Labute approximate surface area is 116 Å². The highest BCUT2D eigenvalue weighted by atomic mass is 16.5. The lowest BCUT2D eigenvalue weighted by Crippen LogP contribution is -2.22. The van der Waals surface area contributed by atoms with Crippen molar-refractivity contribution < 1.29 is 14.2 Å². The third-order valence-electron chi connectivity index (χ3n) is 2.87. The number of nitrogens with one attached hydrogen (secondary N) is 1. The van der Waals surface area contributed by atoms with Crippen LogP contribution in [0.4, 0.5) is 0 Å². The SMILES string of the molecule is COc1cc(CCNCC(C)C)cc(OC)c1OC. The van der Waals surface area contributed by atoms with Gasteiger partial charge >= 0.3 is 0 Å². The molecule has 4 heteroatoms. The van der Waals surface area contributed by atoms with Crippen LogP contribution in [-0.2, 0) is 6.42 Å². The molecule has 0 atom stereocenters. The van der Waals surface area contributed by atoms with Gasteiger partial charge in [0, 0.05) is 0 Å². The Bertz CT molecular complexity index is 366. The van der Waals surface area contributed by atoms with Gasteiger partial charge in [-0.3, -0.25) is 0 Å². The summed E-state index contributed by atoms with van der Waals surface area (Å²) in [5.74, 6) is 2.73. The monoisotopic (exact) mass is 267 g/mol. The standard InChI is InChI=1S/C15H25NO3/c1-11(2)10-16-7-6-12-8-13(17-3)15(19-5)14(9-12)18-4/h8-9,11,16H,6-7,10H2,1-5H3. The first-order valence-electron chi connectivity index (χ1n) is 6.62. The van der Waals surface area contributed by atoms with E-state index in [0.29, 0.717) is 23.2 Å². The zero-order valence-corrected chi connectivity index (χ0v) is 12.6. The summed E-state index contributed by atoms with van der Waals surface area (Å²) in [7, 11) is 4.89. The lowest BCUT2D eigenvalue weighted by molar-refractivity contribution is 0.323. The summed E-state index contributed by atoms with van der Waals surface area (Å²) in [5.41, 5.74) is 1.17. The molecule has 19 heavy (non-hydrogen) atoms. The Balaban J connectivity index is 2.73. The average Bonchev–Trinajstić information content (AvgIpc) is 2.42. The minimum atomic E-state index is 0.642. The average molecular weight is 267 g/mol. The number of benzene rings is 1. The van der Waals surface area contributed by atoms with Crippen LogP contribution in [0.1, 0.15) is 19.4 Å². The predicted molar refractivity (Wildman–Crippen MR) is 77.5 cm³/mol. The van der Waals surface area contributed by atoms with E-state index in [0.717, 1.165) is 19.5 Å². The van der Waals surface area contributed by atoms with Crippen LogP contribution in [0, 0.1) is 5.92 Å². The van der Waals surface area contributed by atoms with Crippen molar-refractivity contribution in [3.8, 4) is 17.2 Å². The van der Waals surface area contributed by atoms with Crippen LogP contribution in [0.15, 0.2) is 12.1 Å². The van der Waals surface area contributed by atoms with E-state index in [4.69, 9.17) is 14.2 Å². The van der Waals surface area contributed by atoms with Gasteiger partial charge in [-0.2, -0.15) is 0 Å². The second-order valence-electron chi connectivity index (χ2n) is 4.88. The maximum absolute atomic E-state index is 5.34. The molecular formula is C15H25NO3. The first-order valence-corrected chi connectivity index (χ1v) is 6.62. The van der Waals surface area contributed by atoms with Crippen LogP contribution in [0.5, 0.6) is 17.2 Å². The Kier molecular flexibility index (Phi) is 6.50. The van der Waals surface area contributed by atoms with Crippen LogP contribution in [-0.4, -0.2) is 34.4 Å². The molecule has 1 aromatic carbocycles. The fourth-order valence-corrected chi connectivity index (χ4v) is 1.90. The lowest BCUT2D eigenvalue weighted by atomic mass is 10.1. The van der Waals surface area contributed by atoms with Crippen LogP contribution < -0.4 is 19.5 Å². The Morgan fingerprint density at radius 1 is 1.00 bits per heavy atom. The zero-order valence-electron chi connectivity index (χ0n) is 12.6. The number of methoxy groups -OCH3 is 3. The Hall–Kier alpha value is -1.42. The van der Waals surface area contributed by atoms with E-state index in [2.05, 4.69) is 19.2 Å². The van der Waals surface area contributed by atoms with E-state index >= 15 is 0 Å². The maximum atomic E-state index is 5.34. The molecule has 0 amide bonds. The molecule has 0 heterocycles. The van der Waals surface area contributed by atoms with Crippen molar-refractivity contribution in [2.24, 2.45) is 5.92 Å². The van der Waals surface area contributed by atoms with Gasteiger partial charge in [-0.15, -0.1) is 0 Å². The smallest absolute Gasteiger partial charge is 0.203 e. The molecule has 0 spiro atoms.